The highest BCUT2D eigenvalue weighted by molar-refractivity contribution is 7.90. The summed E-state index contributed by atoms with van der Waals surface area (Å²) < 4.78 is 32.1. The fourth-order valence-corrected chi connectivity index (χ4v) is 5.24. The molecule has 0 unspecified atom stereocenters. The monoisotopic (exact) mass is 337 g/mol. The van der Waals surface area contributed by atoms with Crippen molar-refractivity contribution in [1.82, 2.24) is 9.29 Å². The van der Waals surface area contributed by atoms with Crippen LogP contribution in [0.25, 0.3) is 0 Å². The number of hydrogen-bond donors (Lipinski definition) is 1. The molecule has 3 aliphatic rings. The van der Waals surface area contributed by atoms with Gasteiger partial charge in [0, 0.05) is 19.3 Å². The average molecular weight is 337 g/mol. The third-order valence-electron chi connectivity index (χ3n) is 4.70. The lowest BCUT2D eigenvalue weighted by Crippen LogP contribution is -2.48. The van der Waals surface area contributed by atoms with Gasteiger partial charge in [-0.15, -0.1) is 0 Å². The quantitative estimate of drug-likeness (QED) is 0.869. The molecule has 1 aromatic rings. The highest BCUT2D eigenvalue weighted by atomic mass is 32.2. The van der Waals surface area contributed by atoms with Crippen LogP contribution in [0.5, 0.6) is 0 Å². The minimum Gasteiger partial charge on any atom is -0.371 e. The topological polar surface area (TPSA) is 88.6 Å². The van der Waals surface area contributed by atoms with Crippen molar-refractivity contribution in [2.24, 2.45) is 5.92 Å². The summed E-state index contributed by atoms with van der Waals surface area (Å²) >= 11 is 0. The number of carbonyl (C=O) groups excluding carboxylic acids is 1. The number of morpholine rings is 1. The molecule has 2 saturated heterocycles. The molecule has 1 N–H and O–H groups in total. The molecule has 3 fully saturated rings. The van der Waals surface area contributed by atoms with Gasteiger partial charge in [0.25, 0.3) is 0 Å². The predicted octanol–water partition coefficient (Wildman–Crippen LogP) is 0.602. The van der Waals surface area contributed by atoms with Gasteiger partial charge in [-0.25, -0.2) is 8.42 Å². The smallest absolute Gasteiger partial charge is 0.230 e. The zero-order valence-corrected chi connectivity index (χ0v) is 13.4. The third-order valence-corrected chi connectivity index (χ3v) is 7.03. The maximum absolute atomic E-state index is 12.5. The highest BCUT2D eigenvalue weighted by Crippen LogP contribution is 2.37. The number of nitrogens with zero attached hydrogens (tertiary/aromatic N) is 2. The SMILES string of the molecule is O=C(Nc1cccnc1)[C@H]1C[C@@H]2CN(S(=O)(=O)C3CC3)C[C@H]1O2. The molecule has 4 rings (SSSR count). The van der Waals surface area contributed by atoms with Gasteiger partial charge in [-0.1, -0.05) is 0 Å². The Morgan fingerprint density at radius 1 is 1.35 bits per heavy atom. The minimum absolute atomic E-state index is 0.129. The summed E-state index contributed by atoms with van der Waals surface area (Å²) in [6.45, 7) is 0.645. The van der Waals surface area contributed by atoms with Gasteiger partial charge in [0.05, 0.1) is 35.3 Å². The normalized spacial score (nSPS) is 31.0. The van der Waals surface area contributed by atoms with Gasteiger partial charge in [0.1, 0.15) is 0 Å². The molecule has 2 bridgehead atoms. The van der Waals surface area contributed by atoms with Crippen molar-refractivity contribution in [2.75, 3.05) is 18.4 Å². The fraction of sp³-hybridized carbons (Fsp3) is 0.600. The summed E-state index contributed by atoms with van der Waals surface area (Å²) in [6, 6.07) is 3.53. The summed E-state index contributed by atoms with van der Waals surface area (Å²) in [4.78, 5) is 16.4. The Bertz CT molecular complexity index is 705. The first-order valence-corrected chi connectivity index (χ1v) is 9.39. The molecule has 2 aliphatic heterocycles. The van der Waals surface area contributed by atoms with E-state index in [4.69, 9.17) is 4.74 Å². The van der Waals surface area contributed by atoms with E-state index in [2.05, 4.69) is 10.3 Å². The fourth-order valence-electron chi connectivity index (χ4n) is 3.35. The average Bonchev–Trinajstić information content (AvgIpc) is 3.35. The highest BCUT2D eigenvalue weighted by Gasteiger charge is 2.50. The molecule has 3 atom stereocenters. The second-order valence-electron chi connectivity index (χ2n) is 6.43. The van der Waals surface area contributed by atoms with Crippen LogP contribution in [0.3, 0.4) is 0 Å². The number of aromatic nitrogens is 1. The van der Waals surface area contributed by atoms with Crippen LogP contribution >= 0.6 is 0 Å². The van der Waals surface area contributed by atoms with Crippen molar-refractivity contribution in [1.29, 1.82) is 0 Å². The number of amides is 1. The molecule has 1 amide bonds. The molecule has 1 aromatic heterocycles. The van der Waals surface area contributed by atoms with Crippen LogP contribution in [0.15, 0.2) is 24.5 Å². The van der Waals surface area contributed by atoms with Crippen molar-refractivity contribution in [3.8, 4) is 0 Å². The van der Waals surface area contributed by atoms with Gasteiger partial charge < -0.3 is 10.1 Å². The van der Waals surface area contributed by atoms with E-state index in [1.807, 2.05) is 0 Å². The summed E-state index contributed by atoms with van der Waals surface area (Å²) in [6.07, 6.45) is 4.74. The number of ether oxygens (including phenoxy) is 1. The van der Waals surface area contributed by atoms with E-state index in [1.165, 1.54) is 4.31 Å². The van der Waals surface area contributed by atoms with Crippen LogP contribution in [0.1, 0.15) is 19.3 Å². The molecule has 7 nitrogen and oxygen atoms in total. The lowest BCUT2D eigenvalue weighted by atomic mass is 9.99. The van der Waals surface area contributed by atoms with Crippen LogP contribution in [0.2, 0.25) is 0 Å². The molecule has 1 saturated carbocycles. The van der Waals surface area contributed by atoms with Gasteiger partial charge in [-0.2, -0.15) is 4.31 Å². The summed E-state index contributed by atoms with van der Waals surface area (Å²) in [5.41, 5.74) is 0.640. The van der Waals surface area contributed by atoms with Crippen molar-refractivity contribution >= 4 is 21.6 Å². The van der Waals surface area contributed by atoms with E-state index in [0.717, 1.165) is 12.8 Å². The number of nitrogens with one attached hydrogen (secondary N) is 1. The molecule has 124 valence electrons. The first kappa shape index (κ1) is 15.0. The Hall–Kier alpha value is -1.51. The Morgan fingerprint density at radius 2 is 2.17 bits per heavy atom. The van der Waals surface area contributed by atoms with Crippen molar-refractivity contribution < 1.29 is 17.9 Å². The molecule has 1 aliphatic carbocycles. The van der Waals surface area contributed by atoms with Crippen molar-refractivity contribution in [2.45, 2.75) is 36.7 Å². The summed E-state index contributed by atoms with van der Waals surface area (Å²) in [5.74, 6) is -0.448. The molecular weight excluding hydrogens is 318 g/mol. The van der Waals surface area contributed by atoms with E-state index >= 15 is 0 Å². The number of pyridine rings is 1. The standard InChI is InChI=1S/C15H19N3O4S/c19-15(17-10-2-1-5-16-7-10)13-6-11-8-18(9-14(13)22-11)23(20,21)12-3-4-12/h1-2,5,7,11-14H,3-4,6,8-9H2,(H,17,19)/t11-,13+,14-/m1/s1. The Kier molecular flexibility index (Phi) is 3.62. The van der Waals surface area contributed by atoms with Gasteiger partial charge in [-0.05, 0) is 31.4 Å². The Morgan fingerprint density at radius 3 is 2.87 bits per heavy atom. The van der Waals surface area contributed by atoms with Crippen molar-refractivity contribution in [3.63, 3.8) is 0 Å². The second-order valence-corrected chi connectivity index (χ2v) is 8.64. The number of fused-ring (bicyclic) bond motifs is 2. The molecule has 0 spiro atoms. The first-order valence-electron chi connectivity index (χ1n) is 7.89. The lowest BCUT2D eigenvalue weighted by Gasteiger charge is -2.32. The van der Waals surface area contributed by atoms with Crippen molar-refractivity contribution in [3.05, 3.63) is 24.5 Å². The molecule has 3 heterocycles. The van der Waals surface area contributed by atoms with E-state index in [9.17, 15) is 13.2 Å². The van der Waals surface area contributed by atoms with E-state index in [-0.39, 0.29) is 35.8 Å². The number of sulfonamides is 1. The molecule has 8 heteroatoms. The molecule has 0 aromatic carbocycles. The van der Waals surface area contributed by atoms with Gasteiger partial charge in [0.2, 0.25) is 15.9 Å². The number of hydrogen-bond acceptors (Lipinski definition) is 5. The molecule has 0 radical (unpaired) electrons. The van der Waals surface area contributed by atoms with Crippen LogP contribution < -0.4 is 5.32 Å². The minimum atomic E-state index is -3.21. The summed E-state index contributed by atoms with van der Waals surface area (Å²) in [5, 5.41) is 2.62. The van der Waals surface area contributed by atoms with Crippen LogP contribution in [0, 0.1) is 5.92 Å². The van der Waals surface area contributed by atoms with Crippen LogP contribution in [-0.2, 0) is 19.6 Å². The zero-order valence-electron chi connectivity index (χ0n) is 12.6. The van der Waals surface area contributed by atoms with E-state index in [1.54, 1.807) is 24.5 Å². The van der Waals surface area contributed by atoms with Gasteiger partial charge in [-0.3, -0.25) is 9.78 Å². The number of anilines is 1. The Labute approximate surface area is 135 Å². The van der Waals surface area contributed by atoms with E-state index < -0.39 is 10.0 Å². The van der Waals surface area contributed by atoms with Crippen LogP contribution in [0.4, 0.5) is 5.69 Å². The molecule has 23 heavy (non-hydrogen) atoms. The summed E-state index contributed by atoms with van der Waals surface area (Å²) in [7, 11) is -3.21. The zero-order chi connectivity index (χ0) is 16.0. The second kappa shape index (κ2) is 5.54. The van der Waals surface area contributed by atoms with Gasteiger partial charge >= 0.3 is 0 Å². The van der Waals surface area contributed by atoms with Crippen LogP contribution in [-0.4, -0.2) is 54.2 Å². The third kappa shape index (κ3) is 2.86. The lowest BCUT2D eigenvalue weighted by molar-refractivity contribution is -0.122. The van der Waals surface area contributed by atoms with E-state index in [0.29, 0.717) is 18.7 Å². The number of rotatable bonds is 4. The Balaban J connectivity index is 1.45. The van der Waals surface area contributed by atoms with Gasteiger partial charge in [0.15, 0.2) is 0 Å². The number of carbonyl (C=O) groups is 1. The maximum atomic E-state index is 12.5. The molecular formula is C15H19N3O4S. The first-order chi connectivity index (χ1) is 11.0. The maximum Gasteiger partial charge on any atom is 0.230 e. The largest absolute Gasteiger partial charge is 0.371 e. The predicted molar refractivity (Wildman–Crippen MR) is 83.1 cm³/mol.